The van der Waals surface area contributed by atoms with Crippen LogP contribution in [0.5, 0.6) is 11.8 Å². The van der Waals surface area contributed by atoms with Gasteiger partial charge in [-0.25, -0.2) is 0 Å². The van der Waals surface area contributed by atoms with Crippen molar-refractivity contribution in [2.24, 2.45) is 0 Å². The lowest BCUT2D eigenvalue weighted by Crippen LogP contribution is -2.11. The molecule has 0 aliphatic carbocycles. The Morgan fingerprint density at radius 2 is 1.38 bits per heavy atom. The quantitative estimate of drug-likeness (QED) is 0.659. The highest BCUT2D eigenvalue weighted by atomic mass is 16.3. The van der Waals surface area contributed by atoms with Crippen LogP contribution in [-0.2, 0) is 6.42 Å². The zero-order valence-corrected chi connectivity index (χ0v) is 13.9. The monoisotopic (exact) mass is 321 g/mol. The van der Waals surface area contributed by atoms with Gasteiger partial charge in [0.1, 0.15) is 0 Å². The van der Waals surface area contributed by atoms with Gasteiger partial charge in [0.15, 0.2) is 11.8 Å². The van der Waals surface area contributed by atoms with Crippen molar-refractivity contribution < 1.29 is 10.2 Å². The lowest BCUT2D eigenvalue weighted by atomic mass is 9.98. The number of rotatable bonds is 6. The molecule has 3 aromatic rings. The number of benzene rings is 2. The fourth-order valence-corrected chi connectivity index (χ4v) is 3.19. The van der Waals surface area contributed by atoms with Gasteiger partial charge in [0.05, 0.1) is 0 Å². The SMILES string of the molecule is CCCC(Cc1ccc(-c2ccccc2)cc1)n1c(O)ccc1O. The number of hydrogen-bond donors (Lipinski definition) is 2. The van der Waals surface area contributed by atoms with Crippen LogP contribution in [0.3, 0.4) is 0 Å². The van der Waals surface area contributed by atoms with Crippen molar-refractivity contribution in [1.82, 2.24) is 4.57 Å². The molecule has 124 valence electrons. The van der Waals surface area contributed by atoms with Gasteiger partial charge in [0, 0.05) is 18.2 Å². The molecule has 0 bridgehead atoms. The smallest absolute Gasteiger partial charge is 0.194 e. The molecule has 0 fully saturated rings. The lowest BCUT2D eigenvalue weighted by molar-refractivity contribution is 0.320. The third kappa shape index (κ3) is 3.46. The molecule has 3 rings (SSSR count). The third-order valence-corrected chi connectivity index (χ3v) is 4.39. The number of aromatic nitrogens is 1. The predicted molar refractivity (Wildman–Crippen MR) is 97.3 cm³/mol. The Labute approximate surface area is 142 Å². The second kappa shape index (κ2) is 7.26. The summed E-state index contributed by atoms with van der Waals surface area (Å²) >= 11 is 0. The van der Waals surface area contributed by atoms with Gasteiger partial charge in [-0.15, -0.1) is 0 Å². The van der Waals surface area contributed by atoms with Crippen LogP contribution in [0, 0.1) is 0 Å². The summed E-state index contributed by atoms with van der Waals surface area (Å²) in [5.41, 5.74) is 3.59. The van der Waals surface area contributed by atoms with E-state index in [0.29, 0.717) is 0 Å². The van der Waals surface area contributed by atoms with E-state index >= 15 is 0 Å². The molecule has 0 amide bonds. The Morgan fingerprint density at radius 1 is 0.792 bits per heavy atom. The van der Waals surface area contributed by atoms with Crippen molar-refractivity contribution in [3.8, 4) is 22.9 Å². The molecule has 1 aromatic heterocycles. The summed E-state index contributed by atoms with van der Waals surface area (Å²) in [5, 5.41) is 20.0. The average molecular weight is 321 g/mol. The molecular formula is C21H23NO2. The zero-order valence-electron chi connectivity index (χ0n) is 13.9. The van der Waals surface area contributed by atoms with Crippen LogP contribution in [0.25, 0.3) is 11.1 Å². The summed E-state index contributed by atoms with van der Waals surface area (Å²) in [5.74, 6) is 0.235. The molecule has 0 saturated heterocycles. The molecule has 0 aliphatic rings. The molecule has 3 nitrogen and oxygen atoms in total. The molecule has 3 heteroatoms. The minimum atomic E-state index is 0.0487. The number of hydrogen-bond acceptors (Lipinski definition) is 2. The molecule has 1 heterocycles. The van der Waals surface area contributed by atoms with E-state index in [1.807, 2.05) is 18.2 Å². The summed E-state index contributed by atoms with van der Waals surface area (Å²) in [6.45, 7) is 2.11. The van der Waals surface area contributed by atoms with Gasteiger partial charge in [-0.05, 0) is 29.5 Å². The van der Waals surface area contributed by atoms with Gasteiger partial charge in [0.2, 0.25) is 0 Å². The van der Waals surface area contributed by atoms with Gasteiger partial charge in [-0.3, -0.25) is 4.57 Å². The topological polar surface area (TPSA) is 45.4 Å². The first-order chi connectivity index (χ1) is 11.7. The van der Waals surface area contributed by atoms with E-state index in [9.17, 15) is 10.2 Å². The zero-order chi connectivity index (χ0) is 16.9. The average Bonchev–Trinajstić information content (AvgIpc) is 2.94. The minimum Gasteiger partial charge on any atom is -0.494 e. The Morgan fingerprint density at radius 3 is 1.96 bits per heavy atom. The van der Waals surface area contributed by atoms with Crippen LogP contribution in [0.4, 0.5) is 0 Å². The van der Waals surface area contributed by atoms with E-state index in [1.165, 1.54) is 28.8 Å². The molecule has 2 N–H and O–H groups in total. The van der Waals surface area contributed by atoms with Crippen LogP contribution >= 0.6 is 0 Å². The molecule has 1 unspecified atom stereocenters. The minimum absolute atomic E-state index is 0.0487. The molecule has 0 radical (unpaired) electrons. The first-order valence-corrected chi connectivity index (χ1v) is 8.42. The molecule has 24 heavy (non-hydrogen) atoms. The fourth-order valence-electron chi connectivity index (χ4n) is 3.19. The van der Waals surface area contributed by atoms with Gasteiger partial charge >= 0.3 is 0 Å². The van der Waals surface area contributed by atoms with Crippen molar-refractivity contribution in [1.29, 1.82) is 0 Å². The largest absolute Gasteiger partial charge is 0.494 e. The second-order valence-electron chi connectivity index (χ2n) is 6.13. The predicted octanol–water partition coefficient (Wildman–Crippen LogP) is 5.15. The van der Waals surface area contributed by atoms with Crippen LogP contribution < -0.4 is 0 Å². The molecule has 0 aliphatic heterocycles. The van der Waals surface area contributed by atoms with E-state index in [1.54, 1.807) is 4.57 Å². The summed E-state index contributed by atoms with van der Waals surface area (Å²) in [7, 11) is 0. The van der Waals surface area contributed by atoms with Crippen LogP contribution in [0.1, 0.15) is 31.4 Å². The van der Waals surface area contributed by atoms with Crippen molar-refractivity contribution in [3.63, 3.8) is 0 Å². The Balaban J connectivity index is 1.81. The first kappa shape index (κ1) is 16.2. The fraction of sp³-hybridized carbons (Fsp3) is 0.238. The van der Waals surface area contributed by atoms with Crippen molar-refractivity contribution >= 4 is 0 Å². The Hall–Kier alpha value is -2.68. The van der Waals surface area contributed by atoms with Gasteiger partial charge in [0.25, 0.3) is 0 Å². The first-order valence-electron chi connectivity index (χ1n) is 8.42. The highest BCUT2D eigenvalue weighted by molar-refractivity contribution is 5.63. The lowest BCUT2D eigenvalue weighted by Gasteiger charge is -2.20. The van der Waals surface area contributed by atoms with E-state index in [4.69, 9.17) is 0 Å². The third-order valence-electron chi connectivity index (χ3n) is 4.39. The van der Waals surface area contributed by atoms with E-state index in [0.717, 1.165) is 19.3 Å². The number of nitrogens with zero attached hydrogens (tertiary/aromatic N) is 1. The van der Waals surface area contributed by atoms with Crippen molar-refractivity contribution in [3.05, 3.63) is 72.3 Å². The van der Waals surface area contributed by atoms with Crippen molar-refractivity contribution in [2.75, 3.05) is 0 Å². The van der Waals surface area contributed by atoms with Crippen molar-refractivity contribution in [2.45, 2.75) is 32.2 Å². The normalized spacial score (nSPS) is 12.2. The maximum atomic E-state index is 10.0. The van der Waals surface area contributed by atoms with Crippen LogP contribution in [-0.4, -0.2) is 14.8 Å². The maximum absolute atomic E-state index is 10.0. The second-order valence-corrected chi connectivity index (χ2v) is 6.13. The summed E-state index contributed by atoms with van der Waals surface area (Å²) in [4.78, 5) is 0. The highest BCUT2D eigenvalue weighted by Crippen LogP contribution is 2.32. The van der Waals surface area contributed by atoms with Gasteiger partial charge in [-0.2, -0.15) is 0 Å². The molecule has 0 spiro atoms. The summed E-state index contributed by atoms with van der Waals surface area (Å²) < 4.78 is 1.62. The van der Waals surface area contributed by atoms with Gasteiger partial charge < -0.3 is 10.2 Å². The standard InChI is InChI=1S/C21H23NO2/c1-2-6-19(22-20(23)13-14-21(22)24)15-16-9-11-18(12-10-16)17-7-4-3-5-8-17/h3-5,7-14,19,23-24H,2,6,15H2,1H3. The molecule has 0 saturated carbocycles. The van der Waals surface area contributed by atoms with E-state index in [2.05, 4.69) is 43.3 Å². The maximum Gasteiger partial charge on any atom is 0.194 e. The Kier molecular flexibility index (Phi) is 4.90. The number of aromatic hydroxyl groups is 2. The van der Waals surface area contributed by atoms with E-state index < -0.39 is 0 Å². The van der Waals surface area contributed by atoms with Gasteiger partial charge in [-0.1, -0.05) is 67.9 Å². The van der Waals surface area contributed by atoms with Crippen LogP contribution in [0.15, 0.2) is 66.7 Å². The van der Waals surface area contributed by atoms with E-state index in [-0.39, 0.29) is 17.8 Å². The summed E-state index contributed by atoms with van der Waals surface area (Å²) in [6, 6.07) is 21.9. The Bertz CT molecular complexity index is 756. The van der Waals surface area contributed by atoms with Crippen LogP contribution in [0.2, 0.25) is 0 Å². The molecular weight excluding hydrogens is 298 g/mol. The molecule has 1 atom stereocenters. The summed E-state index contributed by atoms with van der Waals surface area (Å²) in [6.07, 6.45) is 2.67. The molecule has 2 aromatic carbocycles. The highest BCUT2D eigenvalue weighted by Gasteiger charge is 2.17.